The van der Waals surface area contributed by atoms with Crippen LogP contribution in [-0.2, 0) is 6.42 Å². The molecule has 21 heavy (non-hydrogen) atoms. The van der Waals surface area contributed by atoms with E-state index in [1.807, 2.05) is 0 Å². The fraction of sp³-hybridized carbons (Fsp3) is 0.0526. The summed E-state index contributed by atoms with van der Waals surface area (Å²) in [5.41, 5.74) is 15.3. The minimum Gasteiger partial charge on any atom is -0.213 e. The molecule has 0 fully saturated rings. The second-order valence-corrected chi connectivity index (χ2v) is 4.73. The molecule has 2 nitrogen and oxygen atoms in total. The van der Waals surface area contributed by atoms with Gasteiger partial charge in [-0.2, -0.15) is 0 Å². The third kappa shape index (κ3) is 4.11. The third-order valence-corrected chi connectivity index (χ3v) is 3.29. The lowest BCUT2D eigenvalue weighted by atomic mass is 9.99. The molecule has 0 radical (unpaired) electrons. The van der Waals surface area contributed by atoms with Crippen molar-refractivity contribution in [1.82, 2.24) is 0 Å². The van der Waals surface area contributed by atoms with Crippen molar-refractivity contribution in [3.8, 4) is 11.1 Å². The summed E-state index contributed by atoms with van der Waals surface area (Å²) in [4.78, 5) is 0. The maximum absolute atomic E-state index is 5.00. The smallest absolute Gasteiger partial charge is 0.00256 e. The topological polar surface area (TPSA) is 47.7 Å². The third-order valence-electron chi connectivity index (χ3n) is 3.29. The quantitative estimate of drug-likeness (QED) is 0.589. The first kappa shape index (κ1) is 14.7. The fourth-order valence-electron chi connectivity index (χ4n) is 2.32. The molecule has 0 saturated carbocycles. The molecule has 3 aromatic rings. The molecule has 0 aromatic heterocycles. The van der Waals surface area contributed by atoms with Gasteiger partial charge in [0.05, 0.1) is 0 Å². The zero-order valence-electron chi connectivity index (χ0n) is 11.8. The highest BCUT2D eigenvalue weighted by Gasteiger charge is 1.99. The standard InChI is InChI=1S/C19H16.H2N2/c1-3-8-16(9-4-1)14-17-10-7-13-19(15-17)18-11-5-2-6-12-18;1-2/h1-13,15H,14H2;1-2H. The van der Waals surface area contributed by atoms with Gasteiger partial charge in [0.25, 0.3) is 0 Å². The van der Waals surface area contributed by atoms with Gasteiger partial charge in [-0.3, -0.25) is 0 Å². The van der Waals surface area contributed by atoms with E-state index in [0.29, 0.717) is 0 Å². The van der Waals surface area contributed by atoms with Crippen LogP contribution in [0, 0.1) is 11.1 Å². The lowest BCUT2D eigenvalue weighted by molar-refractivity contribution is 1.05. The van der Waals surface area contributed by atoms with Gasteiger partial charge in [0.15, 0.2) is 0 Å². The molecular formula is C19H18N2. The van der Waals surface area contributed by atoms with Crippen molar-refractivity contribution in [2.45, 2.75) is 6.42 Å². The maximum Gasteiger partial charge on any atom is -0.00256 e. The Bertz CT molecular complexity index is 663. The van der Waals surface area contributed by atoms with Gasteiger partial charge in [-0.15, -0.1) is 0 Å². The summed E-state index contributed by atoms with van der Waals surface area (Å²) < 4.78 is 0. The van der Waals surface area contributed by atoms with E-state index in [1.54, 1.807) is 0 Å². The molecule has 0 saturated heterocycles. The van der Waals surface area contributed by atoms with Crippen molar-refractivity contribution < 1.29 is 0 Å². The summed E-state index contributed by atoms with van der Waals surface area (Å²) in [6.45, 7) is 0. The second kappa shape index (κ2) is 7.75. The number of nitrogens with one attached hydrogen (secondary N) is 2. The summed E-state index contributed by atoms with van der Waals surface area (Å²) in [6, 6.07) is 29.9. The van der Waals surface area contributed by atoms with Crippen LogP contribution in [0.25, 0.3) is 11.1 Å². The van der Waals surface area contributed by atoms with Gasteiger partial charge in [0.2, 0.25) is 0 Å². The van der Waals surface area contributed by atoms with Crippen LogP contribution in [0.2, 0.25) is 0 Å². The van der Waals surface area contributed by atoms with Crippen LogP contribution in [0.15, 0.2) is 84.9 Å². The van der Waals surface area contributed by atoms with Gasteiger partial charge in [0.1, 0.15) is 0 Å². The average molecular weight is 274 g/mol. The number of benzene rings is 3. The van der Waals surface area contributed by atoms with Crippen LogP contribution in [0.4, 0.5) is 0 Å². The maximum atomic E-state index is 5.00. The van der Waals surface area contributed by atoms with Crippen molar-refractivity contribution in [3.05, 3.63) is 96.1 Å². The molecule has 3 aromatic carbocycles. The molecule has 0 aliphatic heterocycles. The summed E-state index contributed by atoms with van der Waals surface area (Å²) in [6.07, 6.45) is 0.988. The molecule has 2 heteroatoms. The Kier molecular flexibility index (Phi) is 5.41. The molecule has 0 unspecified atom stereocenters. The summed E-state index contributed by atoms with van der Waals surface area (Å²) in [7, 11) is 0. The molecular weight excluding hydrogens is 256 g/mol. The van der Waals surface area contributed by atoms with Crippen LogP contribution in [0.1, 0.15) is 11.1 Å². The number of rotatable bonds is 3. The fourth-order valence-corrected chi connectivity index (χ4v) is 2.32. The Morgan fingerprint density at radius 3 is 1.71 bits per heavy atom. The Morgan fingerprint density at radius 1 is 0.524 bits per heavy atom. The van der Waals surface area contributed by atoms with Crippen LogP contribution < -0.4 is 0 Å². The van der Waals surface area contributed by atoms with Crippen LogP contribution in [0.5, 0.6) is 0 Å². The van der Waals surface area contributed by atoms with E-state index in [1.165, 1.54) is 22.3 Å². The van der Waals surface area contributed by atoms with Crippen molar-refractivity contribution >= 4 is 0 Å². The van der Waals surface area contributed by atoms with E-state index in [4.69, 9.17) is 11.1 Å². The molecule has 2 N–H and O–H groups in total. The van der Waals surface area contributed by atoms with Crippen LogP contribution >= 0.6 is 0 Å². The monoisotopic (exact) mass is 274 g/mol. The van der Waals surface area contributed by atoms with Gasteiger partial charge in [0, 0.05) is 0 Å². The van der Waals surface area contributed by atoms with E-state index in [2.05, 4.69) is 84.9 Å². The average Bonchev–Trinajstić information content (AvgIpc) is 2.59. The number of hydrogen-bond donors (Lipinski definition) is 2. The molecule has 0 amide bonds. The summed E-state index contributed by atoms with van der Waals surface area (Å²) >= 11 is 0. The predicted molar refractivity (Wildman–Crippen MR) is 86.6 cm³/mol. The van der Waals surface area contributed by atoms with Crippen molar-refractivity contribution in [2.75, 3.05) is 0 Å². The van der Waals surface area contributed by atoms with Crippen molar-refractivity contribution in [3.63, 3.8) is 0 Å². The lowest BCUT2D eigenvalue weighted by Crippen LogP contribution is -1.88. The van der Waals surface area contributed by atoms with E-state index < -0.39 is 0 Å². The zero-order valence-corrected chi connectivity index (χ0v) is 11.8. The Morgan fingerprint density at radius 2 is 1.05 bits per heavy atom. The van der Waals surface area contributed by atoms with Crippen molar-refractivity contribution in [1.29, 1.82) is 11.1 Å². The predicted octanol–water partition coefficient (Wildman–Crippen LogP) is 5.54. The van der Waals surface area contributed by atoms with Gasteiger partial charge >= 0.3 is 0 Å². The van der Waals surface area contributed by atoms with E-state index in [-0.39, 0.29) is 0 Å². The summed E-state index contributed by atoms with van der Waals surface area (Å²) in [5.74, 6) is 0. The minimum atomic E-state index is 0.988. The first-order valence-electron chi connectivity index (χ1n) is 6.85. The zero-order chi connectivity index (χ0) is 14.9. The second-order valence-electron chi connectivity index (χ2n) is 4.73. The van der Waals surface area contributed by atoms with Gasteiger partial charge in [-0.25, -0.2) is 11.1 Å². The van der Waals surface area contributed by atoms with Crippen LogP contribution in [0.3, 0.4) is 0 Å². The highest BCUT2D eigenvalue weighted by molar-refractivity contribution is 5.64. The Hall–Kier alpha value is -2.74. The number of hydrogen-bond acceptors (Lipinski definition) is 2. The van der Waals surface area contributed by atoms with Gasteiger partial charge in [-0.1, -0.05) is 84.9 Å². The molecule has 0 atom stereocenters. The Balaban J connectivity index is 0.000000774. The first-order chi connectivity index (χ1) is 10.4. The van der Waals surface area contributed by atoms with E-state index in [0.717, 1.165) is 6.42 Å². The van der Waals surface area contributed by atoms with E-state index >= 15 is 0 Å². The van der Waals surface area contributed by atoms with Crippen molar-refractivity contribution in [2.24, 2.45) is 0 Å². The Labute approximate surface area is 125 Å². The largest absolute Gasteiger partial charge is 0.213 e. The molecule has 0 bridgehead atoms. The molecule has 0 aliphatic rings. The molecule has 0 aliphatic carbocycles. The minimum absolute atomic E-state index is 0.988. The SMILES string of the molecule is N=N.c1ccc(Cc2cccc(-c3ccccc3)c2)cc1. The molecule has 0 heterocycles. The molecule has 104 valence electrons. The lowest BCUT2D eigenvalue weighted by Gasteiger charge is -2.06. The normalized spacial score (nSPS) is 9.52. The van der Waals surface area contributed by atoms with E-state index in [9.17, 15) is 0 Å². The van der Waals surface area contributed by atoms with Gasteiger partial charge in [-0.05, 0) is 28.7 Å². The first-order valence-corrected chi connectivity index (χ1v) is 6.85. The summed E-state index contributed by atoms with van der Waals surface area (Å²) in [5, 5.41) is 0. The molecule has 0 spiro atoms. The molecule has 3 rings (SSSR count). The highest BCUT2D eigenvalue weighted by Crippen LogP contribution is 2.21. The van der Waals surface area contributed by atoms with Gasteiger partial charge < -0.3 is 0 Å². The van der Waals surface area contributed by atoms with Crippen LogP contribution in [-0.4, -0.2) is 0 Å². The highest BCUT2D eigenvalue weighted by atomic mass is 14.7.